The number of nitrogens with one attached hydrogen (secondary N) is 5. The van der Waals surface area contributed by atoms with Crippen molar-refractivity contribution in [3.05, 3.63) is 105 Å². The van der Waals surface area contributed by atoms with Crippen LogP contribution in [0.3, 0.4) is 0 Å². The Balaban J connectivity index is 0.890. The van der Waals surface area contributed by atoms with Crippen molar-refractivity contribution in [3.63, 3.8) is 0 Å². The van der Waals surface area contributed by atoms with E-state index in [1.54, 1.807) is 11.9 Å². The number of benzene rings is 3. The third-order valence-corrected chi connectivity index (χ3v) is 17.4. The molecule has 0 bridgehead atoms. The molecule has 1 aliphatic carbocycles. The zero-order chi connectivity index (χ0) is 58.0. The maximum atomic E-state index is 15.1. The van der Waals surface area contributed by atoms with Crippen molar-refractivity contribution in [1.29, 1.82) is 0 Å². The average molecular weight is 1130 g/mol. The first kappa shape index (κ1) is 57.9. The molecule has 9 rings (SSSR count). The number of imide groups is 1. The molecule has 1 unspecified atom stereocenters. The highest BCUT2D eigenvalue weighted by molar-refractivity contribution is 7.70. The van der Waals surface area contributed by atoms with Gasteiger partial charge in [0.15, 0.2) is 0 Å². The molecule has 2 aromatic heterocycles. The zero-order valence-corrected chi connectivity index (χ0v) is 46.4. The van der Waals surface area contributed by atoms with E-state index in [1.165, 1.54) is 38.3 Å². The van der Waals surface area contributed by atoms with Crippen LogP contribution in [0.4, 0.5) is 0 Å². The van der Waals surface area contributed by atoms with E-state index in [2.05, 4.69) is 40.1 Å². The van der Waals surface area contributed by atoms with Crippen molar-refractivity contribution in [2.75, 3.05) is 13.1 Å². The highest BCUT2D eigenvalue weighted by atomic mass is 31.2. The number of hydrogen-bond donors (Lipinski definition) is 8. The monoisotopic (exact) mass is 1130 g/mol. The molecule has 3 aliphatic heterocycles. The lowest BCUT2D eigenvalue weighted by atomic mass is 9.79. The molecule has 23 nitrogen and oxygen atoms in total. The molecule has 4 aliphatic rings. The second-order valence-corrected chi connectivity index (χ2v) is 23.9. The molecular weight excluding hydrogens is 1060 g/mol. The molecule has 5 aromatic rings. The van der Waals surface area contributed by atoms with Crippen LogP contribution in [0, 0.1) is 11.8 Å². The number of rotatable bonds is 18. The summed E-state index contributed by atoms with van der Waals surface area (Å²) in [5.41, 5.74) is 8.00. The number of nitrogens with zero attached hydrogens (tertiary/aromatic N) is 4. The van der Waals surface area contributed by atoms with Gasteiger partial charge in [0.2, 0.25) is 41.4 Å². The minimum atomic E-state index is -5.12. The molecular formula is C57H69N10O13P. The van der Waals surface area contributed by atoms with Crippen LogP contribution in [0.2, 0.25) is 0 Å². The molecule has 4 fully saturated rings. The molecule has 0 spiro atoms. The normalized spacial score (nSPS) is 22.0. The summed E-state index contributed by atoms with van der Waals surface area (Å²) in [6.45, 7) is 4.25. The highest BCUT2D eigenvalue weighted by Crippen LogP contribution is 2.40. The van der Waals surface area contributed by atoms with Gasteiger partial charge in [-0.2, -0.15) is 0 Å². The van der Waals surface area contributed by atoms with Crippen LogP contribution in [-0.4, -0.2) is 124 Å². The third-order valence-electron chi connectivity index (χ3n) is 16.6. The topological polar surface area (TPSA) is 335 Å². The number of piperidine rings is 1. The van der Waals surface area contributed by atoms with Crippen molar-refractivity contribution in [1.82, 2.24) is 45.2 Å². The summed E-state index contributed by atoms with van der Waals surface area (Å²) in [6, 6.07) is 13.7. The summed E-state index contributed by atoms with van der Waals surface area (Å²) in [7, 11) is -3.47. The number of amides is 8. The number of fused-ring (bicyclic) bond motifs is 3. The summed E-state index contributed by atoms with van der Waals surface area (Å²) in [6.07, 6.45) is 5.18. The van der Waals surface area contributed by atoms with Crippen molar-refractivity contribution in [2.45, 2.75) is 140 Å². The first-order valence-electron chi connectivity index (χ1n) is 27.7. The maximum Gasteiger partial charge on any atom is 0.396 e. The second kappa shape index (κ2) is 24.1. The SMILES string of the molecule is CC(C)c1ccc(CNC(=O)[C@H](CCC(N)=O)NC(=O)[C@@H]2CC[C@@H]3CCN(C(=O)[C@H]4CC[C@@H](CCc5ccc6c(c5)n(C)c(=O)n6C5CCC(=O)NC5=O)CC4)C[C@H](NC(=O)c4cc5cc(C(=O)P(=O)(O)O)ccc5[nH]4)C(=O)N32)cc1. The van der Waals surface area contributed by atoms with Gasteiger partial charge in [0.25, 0.3) is 11.4 Å². The van der Waals surface area contributed by atoms with E-state index in [0.717, 1.165) is 36.0 Å². The number of carbonyl (C=O) groups excluding carboxylic acids is 9. The Hall–Kier alpha value is -7.75. The van der Waals surface area contributed by atoms with Crippen molar-refractivity contribution < 1.29 is 57.5 Å². The standard InChI is InChI=1S/C57H69N10O13P/c1-31(2)35-11-8-34(9-12-35)29-59-50(70)41(18-22-48(58)68)61-52(72)45-20-16-39-24-25-65(30-43(55(75)66(39)45)62-51(71)42-28-38-27-37(15-17-40(38)60-42)56(76)81(78,79)80)54(74)36-13-6-32(7-14-36)4-5-33-10-19-44-47(26-33)64(3)57(77)67(44)46-21-23-49(69)63-53(46)73/h8-12,15,17,19,26-28,31-32,36,39,41,43,45-46,60H,4-7,13-14,16,18,20-25,29-30H2,1-3H3,(H2,58,68)(H,59,70)(H,61,72)(H,62,71)(H,63,69,73)(H2,78,79,80)/t32-,36+,39-,41+,43+,45+,46?/m1/s1. The van der Waals surface area contributed by atoms with Gasteiger partial charge in [0, 0.05) is 67.9 Å². The summed E-state index contributed by atoms with van der Waals surface area (Å²) in [5, 5.41) is 11.0. The largest absolute Gasteiger partial charge is 0.396 e. The van der Waals surface area contributed by atoms with Gasteiger partial charge in [0.1, 0.15) is 29.9 Å². The van der Waals surface area contributed by atoms with Crippen molar-refractivity contribution in [2.24, 2.45) is 24.6 Å². The third kappa shape index (κ3) is 12.9. The molecule has 3 saturated heterocycles. The number of carbonyl (C=O) groups is 9. The van der Waals surface area contributed by atoms with Gasteiger partial charge >= 0.3 is 13.3 Å². The van der Waals surface area contributed by atoms with Crippen molar-refractivity contribution >= 4 is 82.3 Å². The van der Waals surface area contributed by atoms with Crippen LogP contribution in [0.15, 0.2) is 71.5 Å². The van der Waals surface area contributed by atoms with Gasteiger partial charge in [-0.25, -0.2) is 4.79 Å². The van der Waals surface area contributed by atoms with E-state index in [9.17, 15) is 57.5 Å². The molecule has 0 radical (unpaired) electrons. The van der Waals surface area contributed by atoms with E-state index in [1.807, 2.05) is 42.5 Å². The number of primary amides is 1. The number of hydrogen-bond acceptors (Lipinski definition) is 11. The second-order valence-electron chi connectivity index (χ2n) is 22.4. The Morgan fingerprint density at radius 1 is 0.840 bits per heavy atom. The first-order chi connectivity index (χ1) is 38.5. The van der Waals surface area contributed by atoms with Crippen LogP contribution < -0.4 is 32.7 Å². The Bertz CT molecular complexity index is 3430. The van der Waals surface area contributed by atoms with Crippen LogP contribution in [0.5, 0.6) is 0 Å². The van der Waals surface area contributed by atoms with Gasteiger partial charge < -0.3 is 46.3 Å². The molecule has 5 heterocycles. The summed E-state index contributed by atoms with van der Waals surface area (Å²) in [4.78, 5) is 159. The Labute approximate surface area is 466 Å². The molecule has 81 heavy (non-hydrogen) atoms. The Morgan fingerprint density at radius 3 is 2.26 bits per heavy atom. The fourth-order valence-electron chi connectivity index (χ4n) is 12.0. The number of imidazole rings is 1. The van der Waals surface area contributed by atoms with Crippen LogP contribution in [0.25, 0.3) is 21.9 Å². The lowest BCUT2D eigenvalue weighted by molar-refractivity contribution is -0.147. The lowest BCUT2D eigenvalue weighted by Gasteiger charge is -2.40. The first-order valence-corrected chi connectivity index (χ1v) is 29.3. The molecule has 1 saturated carbocycles. The summed E-state index contributed by atoms with van der Waals surface area (Å²) >= 11 is 0. The zero-order valence-electron chi connectivity index (χ0n) is 45.5. The number of aromatic nitrogens is 3. The average Bonchev–Trinajstić information content (AvgIpc) is 4.26. The fraction of sp³-hybridized carbons (Fsp3) is 0.474. The van der Waals surface area contributed by atoms with E-state index in [4.69, 9.17) is 5.73 Å². The number of nitrogens with two attached hydrogens (primary N) is 1. The van der Waals surface area contributed by atoms with Gasteiger partial charge in [-0.1, -0.05) is 44.2 Å². The number of aromatic amines is 1. The van der Waals surface area contributed by atoms with Gasteiger partial charge in [0.05, 0.1) is 11.0 Å². The Kier molecular flexibility index (Phi) is 17.3. The predicted octanol–water partition coefficient (Wildman–Crippen LogP) is 3.44. The van der Waals surface area contributed by atoms with Crippen LogP contribution in [-0.2, 0) is 58.1 Å². The minimum Gasteiger partial charge on any atom is -0.370 e. The molecule has 9 N–H and O–H groups in total. The maximum absolute atomic E-state index is 15.1. The molecule has 3 aromatic carbocycles. The molecule has 24 heteroatoms. The lowest BCUT2D eigenvalue weighted by Crippen LogP contribution is -2.62. The summed E-state index contributed by atoms with van der Waals surface area (Å²) in [5.74, 6) is -4.07. The highest BCUT2D eigenvalue weighted by Gasteiger charge is 2.47. The van der Waals surface area contributed by atoms with Crippen LogP contribution >= 0.6 is 7.60 Å². The van der Waals surface area contributed by atoms with E-state index in [0.29, 0.717) is 60.5 Å². The number of aryl methyl sites for hydroxylation is 2. The van der Waals surface area contributed by atoms with E-state index >= 15 is 4.79 Å². The quantitative estimate of drug-likeness (QED) is 0.0461. The molecule has 8 amide bonds. The molecule has 430 valence electrons. The Morgan fingerprint density at radius 2 is 1.57 bits per heavy atom. The molecule has 5 atom stereocenters. The van der Waals surface area contributed by atoms with Gasteiger partial charge in [-0.15, -0.1) is 0 Å². The van der Waals surface area contributed by atoms with Crippen molar-refractivity contribution in [3.8, 4) is 0 Å². The fourth-order valence-corrected chi connectivity index (χ4v) is 12.5. The van der Waals surface area contributed by atoms with Gasteiger partial charge in [-0.3, -0.25) is 62.2 Å². The smallest absolute Gasteiger partial charge is 0.370 e. The van der Waals surface area contributed by atoms with Crippen LogP contribution in [0.1, 0.15) is 140 Å². The predicted molar refractivity (Wildman–Crippen MR) is 296 cm³/mol. The van der Waals surface area contributed by atoms with E-state index < -0.39 is 78.8 Å². The van der Waals surface area contributed by atoms with Gasteiger partial charge in [-0.05, 0) is 136 Å². The minimum absolute atomic E-state index is 0.0575. The van der Waals surface area contributed by atoms with E-state index in [-0.39, 0.29) is 91.8 Å². The number of H-pyrrole nitrogens is 1. The summed E-state index contributed by atoms with van der Waals surface area (Å²) < 4.78 is 14.7.